The minimum absolute atomic E-state index is 0.0188. The fraction of sp³-hybridized carbons (Fsp3) is 0.917. The molecule has 0 saturated heterocycles. The number of hydrogen-bond donors (Lipinski definition) is 2. The SMILES string of the molecule is CCCN(CCO)C(=O)NC1CCCC1C. The zero-order valence-corrected chi connectivity index (χ0v) is 10.4. The van der Waals surface area contributed by atoms with Crippen molar-refractivity contribution in [2.75, 3.05) is 19.7 Å². The molecule has 0 bridgehead atoms. The summed E-state index contributed by atoms with van der Waals surface area (Å²) < 4.78 is 0. The number of rotatable bonds is 5. The molecule has 1 fully saturated rings. The Labute approximate surface area is 98.0 Å². The minimum Gasteiger partial charge on any atom is -0.395 e. The molecule has 0 heterocycles. The first kappa shape index (κ1) is 13.3. The van der Waals surface area contributed by atoms with Crippen LogP contribution in [0.4, 0.5) is 4.79 Å². The molecule has 2 N–H and O–H groups in total. The maximum atomic E-state index is 11.9. The lowest BCUT2D eigenvalue weighted by molar-refractivity contribution is 0.172. The first-order valence-electron chi connectivity index (χ1n) is 6.35. The van der Waals surface area contributed by atoms with Crippen LogP contribution in [-0.2, 0) is 0 Å². The van der Waals surface area contributed by atoms with Gasteiger partial charge in [-0.15, -0.1) is 0 Å². The van der Waals surface area contributed by atoms with Crippen LogP contribution >= 0.6 is 0 Å². The second kappa shape index (κ2) is 6.74. The van der Waals surface area contributed by atoms with Crippen molar-refractivity contribution >= 4 is 6.03 Å². The molecule has 2 atom stereocenters. The van der Waals surface area contributed by atoms with Gasteiger partial charge in [-0.05, 0) is 25.2 Å². The van der Waals surface area contributed by atoms with Crippen molar-refractivity contribution in [2.45, 2.75) is 45.6 Å². The zero-order chi connectivity index (χ0) is 12.0. The number of aliphatic hydroxyl groups is 1. The molecule has 0 aromatic heterocycles. The Morgan fingerprint density at radius 1 is 1.44 bits per heavy atom. The average molecular weight is 228 g/mol. The Bertz CT molecular complexity index is 215. The van der Waals surface area contributed by atoms with E-state index in [0.717, 1.165) is 12.8 Å². The van der Waals surface area contributed by atoms with Gasteiger partial charge in [0.05, 0.1) is 6.61 Å². The summed E-state index contributed by atoms with van der Waals surface area (Å²) in [6.07, 6.45) is 4.43. The van der Waals surface area contributed by atoms with E-state index in [1.54, 1.807) is 4.90 Å². The normalized spacial score (nSPS) is 24.4. The third-order valence-corrected chi connectivity index (χ3v) is 3.32. The molecule has 0 spiro atoms. The van der Waals surface area contributed by atoms with E-state index in [1.165, 1.54) is 12.8 Å². The largest absolute Gasteiger partial charge is 0.395 e. The number of nitrogens with zero attached hydrogens (tertiary/aromatic N) is 1. The van der Waals surface area contributed by atoms with Crippen molar-refractivity contribution in [2.24, 2.45) is 5.92 Å². The fourth-order valence-electron chi connectivity index (χ4n) is 2.32. The van der Waals surface area contributed by atoms with Crippen LogP contribution < -0.4 is 5.32 Å². The fourth-order valence-corrected chi connectivity index (χ4v) is 2.32. The maximum absolute atomic E-state index is 11.9. The first-order valence-corrected chi connectivity index (χ1v) is 6.35. The van der Waals surface area contributed by atoms with Crippen molar-refractivity contribution in [1.82, 2.24) is 10.2 Å². The molecule has 0 aromatic rings. The van der Waals surface area contributed by atoms with Gasteiger partial charge in [-0.25, -0.2) is 4.79 Å². The number of urea groups is 1. The summed E-state index contributed by atoms with van der Waals surface area (Å²) >= 11 is 0. The highest BCUT2D eigenvalue weighted by Gasteiger charge is 2.26. The lowest BCUT2D eigenvalue weighted by Gasteiger charge is -2.25. The van der Waals surface area contributed by atoms with Crippen molar-refractivity contribution in [3.05, 3.63) is 0 Å². The van der Waals surface area contributed by atoms with Crippen LogP contribution in [0, 0.1) is 5.92 Å². The third-order valence-electron chi connectivity index (χ3n) is 3.32. The molecule has 2 unspecified atom stereocenters. The molecule has 94 valence electrons. The summed E-state index contributed by atoms with van der Waals surface area (Å²) in [7, 11) is 0. The van der Waals surface area contributed by atoms with Gasteiger partial charge in [0.25, 0.3) is 0 Å². The number of nitrogens with one attached hydrogen (secondary N) is 1. The quantitative estimate of drug-likeness (QED) is 0.751. The van der Waals surface area contributed by atoms with Crippen molar-refractivity contribution in [1.29, 1.82) is 0 Å². The maximum Gasteiger partial charge on any atom is 0.317 e. The molecule has 16 heavy (non-hydrogen) atoms. The highest BCUT2D eigenvalue weighted by atomic mass is 16.3. The smallest absolute Gasteiger partial charge is 0.317 e. The Kier molecular flexibility index (Phi) is 5.60. The van der Waals surface area contributed by atoms with E-state index in [9.17, 15) is 4.79 Å². The van der Waals surface area contributed by atoms with Gasteiger partial charge in [-0.1, -0.05) is 20.3 Å². The van der Waals surface area contributed by atoms with Crippen LogP contribution in [0.25, 0.3) is 0 Å². The molecule has 0 radical (unpaired) electrons. The van der Waals surface area contributed by atoms with E-state index in [-0.39, 0.29) is 12.6 Å². The highest BCUT2D eigenvalue weighted by molar-refractivity contribution is 5.74. The van der Waals surface area contributed by atoms with Crippen molar-refractivity contribution in [3.8, 4) is 0 Å². The molecule has 1 rings (SSSR count). The van der Waals surface area contributed by atoms with E-state index in [4.69, 9.17) is 5.11 Å². The Hall–Kier alpha value is -0.770. The van der Waals surface area contributed by atoms with Gasteiger partial charge in [0.1, 0.15) is 0 Å². The van der Waals surface area contributed by atoms with E-state index < -0.39 is 0 Å². The third kappa shape index (κ3) is 3.67. The minimum atomic E-state index is -0.0188. The van der Waals surface area contributed by atoms with Gasteiger partial charge in [-0.3, -0.25) is 0 Å². The lowest BCUT2D eigenvalue weighted by Crippen LogP contribution is -2.46. The summed E-state index contributed by atoms with van der Waals surface area (Å²) in [4.78, 5) is 13.6. The molecule has 1 saturated carbocycles. The lowest BCUT2D eigenvalue weighted by atomic mass is 10.1. The van der Waals surface area contributed by atoms with Gasteiger partial charge >= 0.3 is 6.03 Å². The first-order chi connectivity index (χ1) is 7.69. The Balaban J connectivity index is 2.41. The average Bonchev–Trinajstić information content (AvgIpc) is 2.64. The van der Waals surface area contributed by atoms with E-state index in [1.807, 2.05) is 6.92 Å². The summed E-state index contributed by atoms with van der Waals surface area (Å²) in [6, 6.07) is 0.306. The van der Waals surface area contributed by atoms with Gasteiger partial charge in [0.15, 0.2) is 0 Å². The number of carbonyl (C=O) groups is 1. The molecule has 1 aliphatic carbocycles. The zero-order valence-electron chi connectivity index (χ0n) is 10.4. The number of hydrogen-bond acceptors (Lipinski definition) is 2. The Morgan fingerprint density at radius 2 is 2.19 bits per heavy atom. The van der Waals surface area contributed by atoms with Crippen molar-refractivity contribution < 1.29 is 9.90 Å². The molecule has 0 aromatic carbocycles. The second-order valence-electron chi connectivity index (χ2n) is 4.67. The predicted molar refractivity (Wildman–Crippen MR) is 64.3 cm³/mol. The second-order valence-corrected chi connectivity index (χ2v) is 4.67. The molecule has 4 heteroatoms. The van der Waals surface area contributed by atoms with Gasteiger partial charge < -0.3 is 15.3 Å². The van der Waals surface area contributed by atoms with Crippen LogP contribution in [0.5, 0.6) is 0 Å². The van der Waals surface area contributed by atoms with Crippen LogP contribution in [0.15, 0.2) is 0 Å². The van der Waals surface area contributed by atoms with Crippen LogP contribution in [0.3, 0.4) is 0 Å². The van der Waals surface area contributed by atoms with E-state index in [2.05, 4.69) is 12.2 Å². The standard InChI is InChI=1S/C12H24N2O2/c1-3-7-14(8-9-15)12(16)13-11-6-4-5-10(11)2/h10-11,15H,3-9H2,1-2H3,(H,13,16). The summed E-state index contributed by atoms with van der Waals surface area (Å²) in [5.41, 5.74) is 0. The Morgan fingerprint density at radius 3 is 2.69 bits per heavy atom. The van der Waals surface area contributed by atoms with Crippen LogP contribution in [0.1, 0.15) is 39.5 Å². The molecule has 1 aliphatic rings. The van der Waals surface area contributed by atoms with Crippen LogP contribution in [-0.4, -0.2) is 41.8 Å². The molecule has 0 aliphatic heterocycles. The summed E-state index contributed by atoms with van der Waals surface area (Å²) in [5.74, 6) is 0.585. The highest BCUT2D eigenvalue weighted by Crippen LogP contribution is 2.24. The van der Waals surface area contributed by atoms with Gasteiger partial charge in [0.2, 0.25) is 0 Å². The molecular formula is C12H24N2O2. The predicted octanol–water partition coefficient (Wildman–Crippen LogP) is 1.59. The molecular weight excluding hydrogens is 204 g/mol. The summed E-state index contributed by atoms with van der Waals surface area (Å²) in [6.45, 7) is 5.41. The van der Waals surface area contributed by atoms with E-state index in [0.29, 0.717) is 25.0 Å². The monoisotopic (exact) mass is 228 g/mol. The topological polar surface area (TPSA) is 52.6 Å². The van der Waals surface area contributed by atoms with E-state index >= 15 is 0 Å². The molecule has 4 nitrogen and oxygen atoms in total. The van der Waals surface area contributed by atoms with Crippen LogP contribution in [0.2, 0.25) is 0 Å². The summed E-state index contributed by atoms with van der Waals surface area (Å²) in [5, 5.41) is 12.0. The number of amides is 2. The number of carbonyl (C=O) groups excluding carboxylic acids is 1. The van der Waals surface area contributed by atoms with Crippen molar-refractivity contribution in [3.63, 3.8) is 0 Å². The van der Waals surface area contributed by atoms with Gasteiger partial charge in [0, 0.05) is 19.1 Å². The molecule has 2 amide bonds. The number of aliphatic hydroxyl groups excluding tert-OH is 1. The van der Waals surface area contributed by atoms with Gasteiger partial charge in [-0.2, -0.15) is 0 Å².